The van der Waals surface area contributed by atoms with Crippen molar-refractivity contribution >= 4 is 29.2 Å². The van der Waals surface area contributed by atoms with Crippen LogP contribution in [0.3, 0.4) is 0 Å². The van der Waals surface area contributed by atoms with Gasteiger partial charge in [0.1, 0.15) is 0 Å². The van der Waals surface area contributed by atoms with E-state index in [1.54, 1.807) is 38.1 Å². The number of nitrogens with one attached hydrogen (secondary N) is 1. The van der Waals surface area contributed by atoms with Gasteiger partial charge in [-0.25, -0.2) is 4.79 Å². The summed E-state index contributed by atoms with van der Waals surface area (Å²) < 4.78 is 0. The highest BCUT2D eigenvalue weighted by molar-refractivity contribution is 6.33. The molecule has 0 heterocycles. The van der Waals surface area contributed by atoms with E-state index in [9.17, 15) is 14.9 Å². The molecule has 0 spiro atoms. The fraction of sp³-hybridized carbons (Fsp3) is 0.167. The van der Waals surface area contributed by atoms with Gasteiger partial charge in [-0.15, -0.1) is 0 Å². The van der Waals surface area contributed by atoms with Crippen LogP contribution in [0.4, 0.5) is 5.69 Å². The number of hydrogen-bond donors (Lipinski definition) is 2. The first-order valence-electron chi connectivity index (χ1n) is 7.10. The van der Waals surface area contributed by atoms with E-state index in [4.69, 9.17) is 16.7 Å². The quantitative estimate of drug-likeness (QED) is 0.875. The first-order chi connectivity index (χ1) is 11.2. The third kappa shape index (κ3) is 3.73. The molecule has 0 aliphatic rings. The zero-order chi connectivity index (χ0) is 17.9. The molecule has 0 fully saturated rings. The zero-order valence-corrected chi connectivity index (χ0v) is 13.9. The van der Waals surface area contributed by atoms with E-state index in [1.165, 1.54) is 18.2 Å². The van der Waals surface area contributed by atoms with Crippen molar-refractivity contribution in [3.8, 4) is 6.07 Å². The van der Waals surface area contributed by atoms with E-state index < -0.39 is 17.3 Å². The first kappa shape index (κ1) is 17.5. The Morgan fingerprint density at radius 2 is 1.92 bits per heavy atom. The molecule has 0 aromatic heterocycles. The van der Waals surface area contributed by atoms with Crippen molar-refractivity contribution in [2.75, 3.05) is 5.32 Å². The summed E-state index contributed by atoms with van der Waals surface area (Å²) in [5.41, 5.74) is 0.621. The van der Waals surface area contributed by atoms with E-state index in [1.807, 2.05) is 0 Å². The molecular weight excluding hydrogens is 328 g/mol. The monoisotopic (exact) mass is 342 g/mol. The second-order valence-electron chi connectivity index (χ2n) is 5.77. The van der Waals surface area contributed by atoms with Gasteiger partial charge in [0.2, 0.25) is 0 Å². The molecule has 0 saturated carbocycles. The number of aromatic carboxylic acids is 1. The van der Waals surface area contributed by atoms with Gasteiger partial charge < -0.3 is 10.4 Å². The minimum absolute atomic E-state index is 0.0890. The molecule has 0 aliphatic carbocycles. The van der Waals surface area contributed by atoms with Gasteiger partial charge in [-0.2, -0.15) is 5.26 Å². The fourth-order valence-corrected chi connectivity index (χ4v) is 2.28. The van der Waals surface area contributed by atoms with E-state index in [0.717, 1.165) is 5.56 Å². The molecule has 0 atom stereocenters. The van der Waals surface area contributed by atoms with Crippen LogP contribution in [0.1, 0.15) is 40.1 Å². The average molecular weight is 343 g/mol. The molecule has 5 nitrogen and oxygen atoms in total. The molecule has 0 aliphatic heterocycles. The third-order valence-electron chi connectivity index (χ3n) is 3.58. The summed E-state index contributed by atoms with van der Waals surface area (Å²) in [6, 6.07) is 13.2. The van der Waals surface area contributed by atoms with E-state index >= 15 is 0 Å². The van der Waals surface area contributed by atoms with Crippen molar-refractivity contribution < 1.29 is 14.7 Å². The second-order valence-corrected chi connectivity index (χ2v) is 6.18. The number of carbonyl (C=O) groups excluding carboxylic acids is 1. The number of anilines is 1. The standard InChI is InChI=1S/C18H15ClN2O3/c1-18(2,10-20)12-5-3-4-11(8-12)16(22)21-13-6-7-15(19)14(9-13)17(23)24/h3-9H,1-2H3,(H,21,22)(H,23,24). The van der Waals surface area contributed by atoms with Crippen molar-refractivity contribution in [2.45, 2.75) is 19.3 Å². The number of halogens is 1. The van der Waals surface area contributed by atoms with Crippen LogP contribution in [-0.2, 0) is 5.41 Å². The Morgan fingerprint density at radius 1 is 1.21 bits per heavy atom. The van der Waals surface area contributed by atoms with Crippen molar-refractivity contribution in [2.24, 2.45) is 0 Å². The molecule has 2 N–H and O–H groups in total. The molecule has 0 saturated heterocycles. The number of hydrogen-bond acceptors (Lipinski definition) is 3. The lowest BCUT2D eigenvalue weighted by atomic mass is 9.85. The molecule has 0 radical (unpaired) electrons. The molecule has 6 heteroatoms. The van der Waals surface area contributed by atoms with Crippen LogP contribution < -0.4 is 5.32 Å². The van der Waals surface area contributed by atoms with E-state index in [2.05, 4.69) is 11.4 Å². The summed E-state index contributed by atoms with van der Waals surface area (Å²) in [4.78, 5) is 23.5. The van der Waals surface area contributed by atoms with Gasteiger partial charge in [-0.1, -0.05) is 23.7 Å². The Labute approximate surface area is 144 Å². The van der Waals surface area contributed by atoms with Crippen LogP contribution in [-0.4, -0.2) is 17.0 Å². The van der Waals surface area contributed by atoms with Crippen LogP contribution >= 0.6 is 11.6 Å². The highest BCUT2D eigenvalue weighted by Gasteiger charge is 2.21. The molecule has 1 amide bonds. The van der Waals surface area contributed by atoms with Crippen LogP contribution in [0.15, 0.2) is 42.5 Å². The van der Waals surface area contributed by atoms with Gasteiger partial charge in [0.05, 0.1) is 22.1 Å². The number of carboxylic acid groups (broad SMARTS) is 1. The van der Waals surface area contributed by atoms with Gasteiger partial charge in [0.15, 0.2) is 0 Å². The van der Waals surface area contributed by atoms with Gasteiger partial charge >= 0.3 is 5.97 Å². The fourth-order valence-electron chi connectivity index (χ4n) is 2.08. The number of rotatable bonds is 4. The van der Waals surface area contributed by atoms with E-state index in [-0.39, 0.29) is 10.6 Å². The zero-order valence-electron chi connectivity index (χ0n) is 13.1. The van der Waals surface area contributed by atoms with Crippen LogP contribution in [0.25, 0.3) is 0 Å². The van der Waals surface area contributed by atoms with Crippen molar-refractivity contribution in [3.05, 3.63) is 64.2 Å². The average Bonchev–Trinajstić information content (AvgIpc) is 2.56. The van der Waals surface area contributed by atoms with Crippen LogP contribution in [0, 0.1) is 11.3 Å². The Balaban J connectivity index is 2.28. The number of amides is 1. The maximum Gasteiger partial charge on any atom is 0.337 e. The van der Waals surface area contributed by atoms with Gasteiger partial charge in [-0.3, -0.25) is 4.79 Å². The number of carbonyl (C=O) groups is 2. The number of carboxylic acids is 1. The number of benzene rings is 2. The highest BCUT2D eigenvalue weighted by Crippen LogP contribution is 2.24. The summed E-state index contributed by atoms with van der Waals surface area (Å²) in [7, 11) is 0. The predicted molar refractivity (Wildman–Crippen MR) is 91.4 cm³/mol. The second kappa shape index (κ2) is 6.73. The molecule has 0 unspecified atom stereocenters. The molecule has 2 rings (SSSR count). The summed E-state index contributed by atoms with van der Waals surface area (Å²) in [5.74, 6) is -1.57. The van der Waals surface area contributed by atoms with E-state index in [0.29, 0.717) is 11.3 Å². The third-order valence-corrected chi connectivity index (χ3v) is 3.91. The Bertz CT molecular complexity index is 854. The summed E-state index contributed by atoms with van der Waals surface area (Å²) in [6.45, 7) is 3.53. The topological polar surface area (TPSA) is 90.2 Å². The van der Waals surface area contributed by atoms with Crippen LogP contribution in [0.2, 0.25) is 5.02 Å². The molecule has 2 aromatic carbocycles. The predicted octanol–water partition coefficient (Wildman–Crippen LogP) is 4.09. The maximum absolute atomic E-state index is 12.4. The SMILES string of the molecule is CC(C)(C#N)c1cccc(C(=O)Nc2ccc(Cl)c(C(=O)O)c2)c1. The Morgan fingerprint density at radius 3 is 2.54 bits per heavy atom. The number of nitrogens with zero attached hydrogens (tertiary/aromatic N) is 1. The Kier molecular flexibility index (Phi) is 4.91. The largest absolute Gasteiger partial charge is 0.478 e. The normalized spacial score (nSPS) is 10.8. The highest BCUT2D eigenvalue weighted by atomic mass is 35.5. The summed E-state index contributed by atoms with van der Waals surface area (Å²) in [5, 5.41) is 21.0. The minimum Gasteiger partial charge on any atom is -0.478 e. The molecular formula is C18H15ClN2O3. The molecule has 0 bridgehead atoms. The Hall–Kier alpha value is -2.84. The lowest BCUT2D eigenvalue weighted by Crippen LogP contribution is -2.17. The van der Waals surface area contributed by atoms with Crippen molar-refractivity contribution in [1.29, 1.82) is 5.26 Å². The number of nitriles is 1. The summed E-state index contributed by atoms with van der Waals surface area (Å²) >= 11 is 5.81. The molecule has 2 aromatic rings. The summed E-state index contributed by atoms with van der Waals surface area (Å²) in [6.07, 6.45) is 0. The maximum atomic E-state index is 12.4. The molecule has 24 heavy (non-hydrogen) atoms. The van der Waals surface area contributed by atoms with Gasteiger partial charge in [-0.05, 0) is 49.7 Å². The lowest BCUT2D eigenvalue weighted by molar-refractivity contribution is 0.0696. The van der Waals surface area contributed by atoms with Crippen molar-refractivity contribution in [3.63, 3.8) is 0 Å². The van der Waals surface area contributed by atoms with Gasteiger partial charge in [0, 0.05) is 11.3 Å². The molecule has 122 valence electrons. The lowest BCUT2D eigenvalue weighted by Gasteiger charge is -2.16. The smallest absolute Gasteiger partial charge is 0.337 e. The van der Waals surface area contributed by atoms with Gasteiger partial charge in [0.25, 0.3) is 5.91 Å². The first-order valence-corrected chi connectivity index (χ1v) is 7.48. The minimum atomic E-state index is -1.17. The van der Waals surface area contributed by atoms with Crippen LogP contribution in [0.5, 0.6) is 0 Å². The van der Waals surface area contributed by atoms with Crippen molar-refractivity contribution in [1.82, 2.24) is 0 Å².